The van der Waals surface area contributed by atoms with Crippen molar-refractivity contribution in [3.05, 3.63) is 41.3 Å². The standard InChI is InChI=1S/C17H23N5O3/c1-4-8-22-13-7-6-11(9-12(13)16(19-22)17(23)24)21(3)10-14-18-15(5-2)25-20-14/h4,11H,1,5-10H2,2-3H3,(H,23,24). The van der Waals surface area contributed by atoms with E-state index in [0.29, 0.717) is 37.6 Å². The lowest BCUT2D eigenvalue weighted by Crippen LogP contribution is -2.36. The number of carboxylic acid groups (broad SMARTS) is 1. The summed E-state index contributed by atoms with van der Waals surface area (Å²) >= 11 is 0. The van der Waals surface area contributed by atoms with Gasteiger partial charge in [0.15, 0.2) is 11.5 Å². The summed E-state index contributed by atoms with van der Waals surface area (Å²) < 4.78 is 6.91. The van der Waals surface area contributed by atoms with E-state index in [-0.39, 0.29) is 11.7 Å². The van der Waals surface area contributed by atoms with E-state index in [1.807, 2.05) is 14.0 Å². The van der Waals surface area contributed by atoms with Gasteiger partial charge in [0.2, 0.25) is 5.89 Å². The average Bonchev–Trinajstić information content (AvgIpc) is 3.19. The molecule has 25 heavy (non-hydrogen) atoms. The molecule has 0 aliphatic heterocycles. The van der Waals surface area contributed by atoms with Gasteiger partial charge in [-0.3, -0.25) is 9.58 Å². The van der Waals surface area contributed by atoms with Crippen molar-refractivity contribution in [2.24, 2.45) is 0 Å². The Bertz CT molecular complexity index is 779. The summed E-state index contributed by atoms with van der Waals surface area (Å²) in [5, 5.41) is 17.7. The molecular formula is C17H23N5O3. The zero-order valence-corrected chi connectivity index (χ0v) is 14.6. The van der Waals surface area contributed by atoms with Crippen molar-refractivity contribution in [1.82, 2.24) is 24.8 Å². The number of aromatic nitrogens is 4. The summed E-state index contributed by atoms with van der Waals surface area (Å²) in [5.74, 6) is 0.312. The highest BCUT2D eigenvalue weighted by Crippen LogP contribution is 2.27. The topological polar surface area (TPSA) is 97.3 Å². The first-order chi connectivity index (χ1) is 12.0. The number of likely N-dealkylation sites (N-methyl/N-ethyl adjacent to an activating group) is 1. The Morgan fingerprint density at radius 3 is 3.00 bits per heavy atom. The molecule has 0 radical (unpaired) electrons. The zero-order chi connectivity index (χ0) is 18.0. The molecule has 1 aliphatic carbocycles. The van der Waals surface area contributed by atoms with Gasteiger partial charge in [0, 0.05) is 23.7 Å². The van der Waals surface area contributed by atoms with Gasteiger partial charge in [-0.15, -0.1) is 6.58 Å². The van der Waals surface area contributed by atoms with Crippen LogP contribution in [-0.2, 0) is 32.4 Å². The molecule has 8 heteroatoms. The van der Waals surface area contributed by atoms with Gasteiger partial charge in [-0.25, -0.2) is 4.79 Å². The van der Waals surface area contributed by atoms with Crippen LogP contribution in [0.4, 0.5) is 0 Å². The third-order valence-corrected chi connectivity index (χ3v) is 4.65. The smallest absolute Gasteiger partial charge is 0.356 e. The SMILES string of the molecule is C=CCn1nc(C(=O)O)c2c1CCC(N(C)Cc1noc(CC)n1)C2. The van der Waals surface area contributed by atoms with Crippen molar-refractivity contribution in [2.75, 3.05) is 7.05 Å². The van der Waals surface area contributed by atoms with Gasteiger partial charge in [-0.2, -0.15) is 10.1 Å². The van der Waals surface area contributed by atoms with E-state index in [1.54, 1.807) is 10.8 Å². The van der Waals surface area contributed by atoms with Crippen molar-refractivity contribution < 1.29 is 14.4 Å². The fourth-order valence-corrected chi connectivity index (χ4v) is 3.34. The van der Waals surface area contributed by atoms with Crippen molar-refractivity contribution in [3.63, 3.8) is 0 Å². The molecule has 0 spiro atoms. The number of aryl methyl sites for hydroxylation is 1. The summed E-state index contributed by atoms with van der Waals surface area (Å²) in [4.78, 5) is 18.0. The van der Waals surface area contributed by atoms with Gasteiger partial charge < -0.3 is 9.63 Å². The lowest BCUT2D eigenvalue weighted by molar-refractivity contribution is 0.0687. The maximum Gasteiger partial charge on any atom is 0.356 e. The number of rotatable bonds is 7. The van der Waals surface area contributed by atoms with Gasteiger partial charge in [0.1, 0.15) is 0 Å². The molecule has 2 aromatic heterocycles. The minimum atomic E-state index is -0.979. The first-order valence-electron chi connectivity index (χ1n) is 8.47. The Balaban J connectivity index is 1.77. The molecule has 0 amide bonds. The monoisotopic (exact) mass is 345 g/mol. The number of fused-ring (bicyclic) bond motifs is 1. The highest BCUT2D eigenvalue weighted by molar-refractivity contribution is 5.87. The Morgan fingerprint density at radius 1 is 1.56 bits per heavy atom. The molecule has 1 N–H and O–H groups in total. The number of nitrogens with zero attached hydrogens (tertiary/aromatic N) is 5. The number of carbonyl (C=O) groups is 1. The minimum Gasteiger partial charge on any atom is -0.476 e. The second-order valence-corrected chi connectivity index (χ2v) is 6.32. The van der Waals surface area contributed by atoms with Gasteiger partial charge in [0.05, 0.1) is 13.1 Å². The van der Waals surface area contributed by atoms with Crippen LogP contribution in [0.3, 0.4) is 0 Å². The van der Waals surface area contributed by atoms with Crippen LogP contribution in [0, 0.1) is 0 Å². The summed E-state index contributed by atoms with van der Waals surface area (Å²) in [6.45, 7) is 6.79. The van der Waals surface area contributed by atoms with Crippen LogP contribution in [0.1, 0.15) is 46.8 Å². The van der Waals surface area contributed by atoms with E-state index in [2.05, 4.69) is 26.7 Å². The molecule has 3 rings (SSSR count). The van der Waals surface area contributed by atoms with Crippen LogP contribution in [-0.4, -0.2) is 49.0 Å². The summed E-state index contributed by atoms with van der Waals surface area (Å²) in [6, 6.07) is 0.218. The molecule has 1 unspecified atom stereocenters. The van der Waals surface area contributed by atoms with E-state index < -0.39 is 5.97 Å². The predicted octanol–water partition coefficient (Wildman–Crippen LogP) is 1.70. The first-order valence-corrected chi connectivity index (χ1v) is 8.47. The number of allylic oxidation sites excluding steroid dienone is 1. The highest BCUT2D eigenvalue weighted by Gasteiger charge is 2.30. The van der Waals surface area contributed by atoms with Crippen LogP contribution in [0.25, 0.3) is 0 Å². The van der Waals surface area contributed by atoms with Gasteiger partial charge in [-0.1, -0.05) is 18.2 Å². The molecule has 134 valence electrons. The third-order valence-electron chi connectivity index (χ3n) is 4.65. The number of hydrogen-bond acceptors (Lipinski definition) is 6. The fraction of sp³-hybridized carbons (Fsp3) is 0.529. The van der Waals surface area contributed by atoms with Crippen molar-refractivity contribution >= 4 is 5.97 Å². The highest BCUT2D eigenvalue weighted by atomic mass is 16.5. The number of aromatic carboxylic acids is 1. The fourth-order valence-electron chi connectivity index (χ4n) is 3.34. The normalized spacial score (nSPS) is 16.8. The Morgan fingerprint density at radius 2 is 2.36 bits per heavy atom. The quantitative estimate of drug-likeness (QED) is 0.763. The minimum absolute atomic E-state index is 0.155. The zero-order valence-electron chi connectivity index (χ0n) is 14.6. The second-order valence-electron chi connectivity index (χ2n) is 6.32. The van der Waals surface area contributed by atoms with Crippen LogP contribution < -0.4 is 0 Å². The maximum atomic E-state index is 11.5. The van der Waals surface area contributed by atoms with Gasteiger partial charge >= 0.3 is 5.97 Å². The Labute approximate surface area is 146 Å². The Hall–Kier alpha value is -2.48. The van der Waals surface area contributed by atoms with Gasteiger partial charge in [0.25, 0.3) is 0 Å². The van der Waals surface area contributed by atoms with E-state index in [4.69, 9.17) is 4.52 Å². The van der Waals surface area contributed by atoms with E-state index >= 15 is 0 Å². The van der Waals surface area contributed by atoms with Crippen LogP contribution >= 0.6 is 0 Å². The second kappa shape index (κ2) is 7.18. The van der Waals surface area contributed by atoms with E-state index in [0.717, 1.165) is 24.1 Å². The summed E-state index contributed by atoms with van der Waals surface area (Å²) in [7, 11) is 2.01. The van der Waals surface area contributed by atoms with Crippen LogP contribution in [0.15, 0.2) is 17.2 Å². The van der Waals surface area contributed by atoms with Crippen molar-refractivity contribution in [2.45, 2.75) is 51.7 Å². The summed E-state index contributed by atoms with van der Waals surface area (Å²) in [6.07, 6.45) is 4.84. The van der Waals surface area contributed by atoms with Gasteiger partial charge in [-0.05, 0) is 26.3 Å². The molecular weight excluding hydrogens is 322 g/mol. The molecule has 0 aromatic carbocycles. The van der Waals surface area contributed by atoms with Crippen molar-refractivity contribution in [1.29, 1.82) is 0 Å². The molecule has 1 atom stereocenters. The average molecular weight is 345 g/mol. The number of carboxylic acids is 1. The largest absolute Gasteiger partial charge is 0.476 e. The molecule has 0 bridgehead atoms. The molecule has 2 aromatic rings. The first kappa shape index (κ1) is 17.3. The predicted molar refractivity (Wildman–Crippen MR) is 90.3 cm³/mol. The summed E-state index contributed by atoms with van der Waals surface area (Å²) in [5.41, 5.74) is 2.00. The van der Waals surface area contributed by atoms with Crippen molar-refractivity contribution in [3.8, 4) is 0 Å². The molecule has 0 saturated heterocycles. The maximum absolute atomic E-state index is 11.5. The van der Waals surface area contributed by atoms with E-state index in [9.17, 15) is 9.90 Å². The molecule has 1 aliphatic rings. The molecule has 8 nitrogen and oxygen atoms in total. The molecule has 0 saturated carbocycles. The lowest BCUT2D eigenvalue weighted by Gasteiger charge is -2.30. The van der Waals surface area contributed by atoms with E-state index in [1.165, 1.54) is 0 Å². The molecule has 2 heterocycles. The number of hydrogen-bond donors (Lipinski definition) is 1. The lowest BCUT2D eigenvalue weighted by atomic mass is 9.90. The van der Waals surface area contributed by atoms with Crippen LogP contribution in [0.2, 0.25) is 0 Å². The van der Waals surface area contributed by atoms with Crippen LogP contribution in [0.5, 0.6) is 0 Å². The third kappa shape index (κ3) is 3.48. The Kier molecular flexibility index (Phi) is 4.98. The molecule has 0 fully saturated rings.